The van der Waals surface area contributed by atoms with E-state index in [1.54, 1.807) is 56.7 Å². The number of benzene rings is 3. The van der Waals surface area contributed by atoms with E-state index in [1.165, 1.54) is 12.1 Å². The minimum absolute atomic E-state index is 0.239. The Bertz CT molecular complexity index is 1680. The van der Waals surface area contributed by atoms with Crippen molar-refractivity contribution in [3.63, 3.8) is 0 Å². The maximum Gasteiger partial charge on any atom is 0.251 e. The van der Waals surface area contributed by atoms with E-state index >= 15 is 0 Å². The van der Waals surface area contributed by atoms with Gasteiger partial charge in [-0.1, -0.05) is 36.4 Å². The lowest BCUT2D eigenvalue weighted by molar-refractivity contribution is -0.117. The Morgan fingerprint density at radius 2 is 1.65 bits per heavy atom. The van der Waals surface area contributed by atoms with Gasteiger partial charge in [-0.25, -0.2) is 9.37 Å². The number of likely N-dealkylation sites (N-methyl/N-ethyl adjacent to an activating group) is 1. The third kappa shape index (κ3) is 5.89. The maximum absolute atomic E-state index is 13.4. The number of halogens is 1. The number of imidazole rings is 1. The molecular weight excluding hydrogens is 507 g/mol. The van der Waals surface area contributed by atoms with Gasteiger partial charge in [0.25, 0.3) is 5.91 Å². The molecule has 0 saturated carbocycles. The van der Waals surface area contributed by atoms with Gasteiger partial charge in [-0.3, -0.25) is 14.6 Å². The van der Waals surface area contributed by atoms with E-state index < -0.39 is 6.04 Å². The van der Waals surface area contributed by atoms with Crippen LogP contribution in [0.2, 0.25) is 0 Å². The summed E-state index contributed by atoms with van der Waals surface area (Å²) < 4.78 is 13.4. The van der Waals surface area contributed by atoms with Crippen molar-refractivity contribution in [1.29, 1.82) is 0 Å². The third-order valence-corrected chi connectivity index (χ3v) is 6.77. The third-order valence-electron chi connectivity index (χ3n) is 6.77. The van der Waals surface area contributed by atoms with Crippen molar-refractivity contribution in [3.8, 4) is 22.8 Å². The summed E-state index contributed by atoms with van der Waals surface area (Å²) in [5.41, 5.74) is 3.58. The molecule has 0 aliphatic carbocycles. The highest BCUT2D eigenvalue weighted by Crippen LogP contribution is 2.27. The molecule has 2 aromatic heterocycles. The van der Waals surface area contributed by atoms with Gasteiger partial charge in [0.1, 0.15) is 11.5 Å². The van der Waals surface area contributed by atoms with Crippen molar-refractivity contribution >= 4 is 28.3 Å². The molecule has 0 saturated heterocycles. The van der Waals surface area contributed by atoms with Gasteiger partial charge in [0.05, 0.1) is 24.0 Å². The first kappa shape index (κ1) is 26.7. The molecular formula is C31H29FN6O2. The lowest BCUT2D eigenvalue weighted by Crippen LogP contribution is -2.35. The van der Waals surface area contributed by atoms with Crippen molar-refractivity contribution in [1.82, 2.24) is 25.6 Å². The standard InChI is InChI=1S/C31H29FN6O2/c1-18(20-8-10-25(32)11-9-20)36-31(40)24-12-23(13-26(14-24)37-30(39)19(2)33-3)28-17-35-29(38-28)27-15-21-6-4-5-7-22(21)16-34-27/h4-19,33H,1-3H3,(H,35,38)(H,36,40)(H,37,39)/t18-,19+/m1/s1. The van der Waals surface area contributed by atoms with Crippen LogP contribution < -0.4 is 16.0 Å². The van der Waals surface area contributed by atoms with Crippen LogP contribution in [0.5, 0.6) is 0 Å². The fourth-order valence-corrected chi connectivity index (χ4v) is 4.29. The lowest BCUT2D eigenvalue weighted by atomic mass is 10.0. The molecule has 9 heteroatoms. The van der Waals surface area contributed by atoms with Gasteiger partial charge >= 0.3 is 0 Å². The van der Waals surface area contributed by atoms with E-state index in [1.807, 2.05) is 37.3 Å². The molecule has 2 heterocycles. The average molecular weight is 537 g/mol. The number of hydrogen-bond donors (Lipinski definition) is 4. The van der Waals surface area contributed by atoms with E-state index in [9.17, 15) is 14.0 Å². The number of rotatable bonds is 8. The van der Waals surface area contributed by atoms with Gasteiger partial charge < -0.3 is 20.9 Å². The largest absolute Gasteiger partial charge is 0.346 e. The Hall–Kier alpha value is -4.89. The van der Waals surface area contributed by atoms with E-state index in [2.05, 4.69) is 30.9 Å². The summed E-state index contributed by atoms with van der Waals surface area (Å²) in [6.45, 7) is 3.57. The van der Waals surface area contributed by atoms with Gasteiger partial charge in [-0.2, -0.15) is 0 Å². The van der Waals surface area contributed by atoms with Gasteiger partial charge in [-0.15, -0.1) is 0 Å². The molecule has 5 rings (SSSR count). The van der Waals surface area contributed by atoms with Crippen LogP contribution in [-0.4, -0.2) is 39.9 Å². The van der Waals surface area contributed by atoms with Crippen LogP contribution >= 0.6 is 0 Å². The number of aromatic nitrogens is 3. The molecule has 0 unspecified atom stereocenters. The lowest BCUT2D eigenvalue weighted by Gasteiger charge is -2.16. The van der Waals surface area contributed by atoms with Crippen LogP contribution in [0.3, 0.4) is 0 Å². The van der Waals surface area contributed by atoms with Crippen LogP contribution in [-0.2, 0) is 4.79 Å². The molecule has 0 radical (unpaired) electrons. The van der Waals surface area contributed by atoms with Crippen molar-refractivity contribution in [2.45, 2.75) is 25.9 Å². The number of amides is 2. The molecule has 40 heavy (non-hydrogen) atoms. The Balaban J connectivity index is 1.47. The summed E-state index contributed by atoms with van der Waals surface area (Å²) in [5.74, 6) is -0.345. The van der Waals surface area contributed by atoms with Crippen molar-refractivity contribution in [3.05, 3.63) is 102 Å². The molecule has 5 aromatic rings. The first-order valence-electron chi connectivity index (χ1n) is 12.9. The minimum atomic E-state index is -0.433. The average Bonchev–Trinajstić information content (AvgIpc) is 3.47. The normalized spacial score (nSPS) is 12.6. The highest BCUT2D eigenvalue weighted by molar-refractivity contribution is 6.00. The van der Waals surface area contributed by atoms with Crippen LogP contribution in [0, 0.1) is 5.82 Å². The summed E-state index contributed by atoms with van der Waals surface area (Å²) in [5, 5.41) is 10.8. The summed E-state index contributed by atoms with van der Waals surface area (Å²) in [7, 11) is 1.70. The number of H-pyrrole nitrogens is 1. The number of nitrogens with zero attached hydrogens (tertiary/aromatic N) is 2. The molecule has 2 amide bonds. The van der Waals surface area contributed by atoms with Crippen molar-refractivity contribution in [2.24, 2.45) is 0 Å². The van der Waals surface area contributed by atoms with Gasteiger partial charge in [0, 0.05) is 28.4 Å². The molecule has 0 spiro atoms. The SMILES string of the molecule is CN[C@@H](C)C(=O)Nc1cc(C(=O)N[C@H](C)c2ccc(F)cc2)cc(-c2cnc(-c3cc4ccccc4cn3)[nH]2)c1. The highest BCUT2D eigenvalue weighted by Gasteiger charge is 2.17. The summed E-state index contributed by atoms with van der Waals surface area (Å²) in [6, 6.07) is 20.2. The van der Waals surface area contributed by atoms with E-state index in [0.717, 1.165) is 16.3 Å². The maximum atomic E-state index is 13.4. The topological polar surface area (TPSA) is 112 Å². The number of carbonyl (C=O) groups is 2. The van der Waals surface area contributed by atoms with Gasteiger partial charge in [0.15, 0.2) is 5.82 Å². The minimum Gasteiger partial charge on any atom is -0.346 e. The van der Waals surface area contributed by atoms with Gasteiger partial charge in [-0.05, 0) is 68.2 Å². The van der Waals surface area contributed by atoms with E-state index in [-0.39, 0.29) is 23.7 Å². The predicted octanol–water partition coefficient (Wildman–Crippen LogP) is 5.47. The smallest absolute Gasteiger partial charge is 0.251 e. The Morgan fingerprint density at radius 3 is 2.40 bits per heavy atom. The number of hydrogen-bond acceptors (Lipinski definition) is 5. The van der Waals surface area contributed by atoms with Crippen LogP contribution in [0.4, 0.5) is 10.1 Å². The van der Waals surface area contributed by atoms with Crippen molar-refractivity contribution in [2.75, 3.05) is 12.4 Å². The zero-order valence-electron chi connectivity index (χ0n) is 22.3. The number of anilines is 1. The molecule has 8 nitrogen and oxygen atoms in total. The number of nitrogens with one attached hydrogen (secondary N) is 4. The number of carbonyl (C=O) groups excluding carboxylic acids is 2. The van der Waals surface area contributed by atoms with Gasteiger partial charge in [0.2, 0.25) is 5.91 Å². The molecule has 2 atom stereocenters. The Morgan fingerprint density at radius 1 is 0.900 bits per heavy atom. The molecule has 0 aliphatic rings. The van der Waals surface area contributed by atoms with Crippen LogP contribution in [0.25, 0.3) is 33.5 Å². The first-order chi connectivity index (χ1) is 19.3. The van der Waals surface area contributed by atoms with E-state index in [4.69, 9.17) is 0 Å². The number of fused-ring (bicyclic) bond motifs is 1. The number of aromatic amines is 1. The molecule has 0 bridgehead atoms. The molecule has 0 aliphatic heterocycles. The molecule has 202 valence electrons. The number of pyridine rings is 1. The zero-order chi connectivity index (χ0) is 28.2. The highest BCUT2D eigenvalue weighted by atomic mass is 19.1. The van der Waals surface area contributed by atoms with Crippen LogP contribution in [0.15, 0.2) is 85.2 Å². The quantitative estimate of drug-likeness (QED) is 0.210. The summed E-state index contributed by atoms with van der Waals surface area (Å²) in [4.78, 5) is 38.3. The summed E-state index contributed by atoms with van der Waals surface area (Å²) in [6.07, 6.45) is 3.48. The summed E-state index contributed by atoms with van der Waals surface area (Å²) >= 11 is 0. The molecule has 4 N–H and O–H groups in total. The fourth-order valence-electron chi connectivity index (χ4n) is 4.29. The monoisotopic (exact) mass is 536 g/mol. The second kappa shape index (κ2) is 11.5. The fraction of sp³-hybridized carbons (Fsp3) is 0.161. The molecule has 3 aromatic carbocycles. The second-order valence-corrected chi connectivity index (χ2v) is 9.61. The zero-order valence-corrected chi connectivity index (χ0v) is 22.3. The Labute approximate surface area is 231 Å². The van der Waals surface area contributed by atoms with E-state index in [0.29, 0.717) is 34.0 Å². The predicted molar refractivity (Wildman–Crippen MR) is 154 cm³/mol. The van der Waals surface area contributed by atoms with Crippen molar-refractivity contribution < 1.29 is 14.0 Å². The van der Waals surface area contributed by atoms with Crippen LogP contribution in [0.1, 0.15) is 35.8 Å². The second-order valence-electron chi connectivity index (χ2n) is 9.61. The Kier molecular flexibility index (Phi) is 7.65. The first-order valence-corrected chi connectivity index (χ1v) is 12.9. The molecule has 0 fully saturated rings.